The highest BCUT2D eigenvalue weighted by molar-refractivity contribution is 5.83. The summed E-state index contributed by atoms with van der Waals surface area (Å²) in [5.74, 6) is -1.98. The number of hydrogen-bond acceptors (Lipinski definition) is 4. The zero-order valence-corrected chi connectivity index (χ0v) is 16.3. The minimum absolute atomic E-state index is 0.0358. The first-order valence-corrected chi connectivity index (χ1v) is 9.62. The number of nitrogens with two attached hydrogens (primary N) is 1. The zero-order chi connectivity index (χ0) is 21.5. The highest BCUT2D eigenvalue weighted by Gasteiger charge is 2.15. The van der Waals surface area contributed by atoms with Crippen LogP contribution in [0.5, 0.6) is 0 Å². The summed E-state index contributed by atoms with van der Waals surface area (Å²) < 4.78 is 29.8. The van der Waals surface area contributed by atoms with E-state index in [9.17, 15) is 13.6 Å². The number of hydrogen-bond donors (Lipinski definition) is 1. The van der Waals surface area contributed by atoms with Crippen molar-refractivity contribution < 1.29 is 8.78 Å². The molecular weight excluding hydrogens is 400 g/mol. The number of imidazole rings is 1. The van der Waals surface area contributed by atoms with Crippen molar-refractivity contribution in [2.24, 2.45) is 0 Å². The molecule has 31 heavy (non-hydrogen) atoms. The van der Waals surface area contributed by atoms with Gasteiger partial charge in [0, 0.05) is 6.54 Å². The Bertz CT molecular complexity index is 1510. The number of nitrogens with zero attached hydrogens (tertiary/aromatic N) is 4. The van der Waals surface area contributed by atoms with E-state index < -0.39 is 17.2 Å². The van der Waals surface area contributed by atoms with Gasteiger partial charge in [0.15, 0.2) is 22.8 Å². The highest BCUT2D eigenvalue weighted by atomic mass is 19.2. The molecule has 0 aliphatic rings. The predicted octanol–water partition coefficient (Wildman–Crippen LogP) is 3.70. The zero-order valence-electron chi connectivity index (χ0n) is 16.3. The number of halogens is 2. The first kappa shape index (κ1) is 18.9. The molecule has 2 aromatic heterocycles. The van der Waals surface area contributed by atoms with Crippen LogP contribution in [0.3, 0.4) is 0 Å². The molecule has 0 unspecified atom stereocenters. The first-order chi connectivity index (χ1) is 15.0. The van der Waals surface area contributed by atoms with Gasteiger partial charge in [0.2, 0.25) is 5.95 Å². The van der Waals surface area contributed by atoms with Crippen molar-refractivity contribution in [2.45, 2.75) is 13.1 Å². The number of nitrogen functional groups attached to an aromatic ring is 1. The maximum atomic E-state index is 13.6. The molecule has 3 aromatic carbocycles. The Morgan fingerprint density at radius 3 is 2.42 bits per heavy atom. The second-order valence-corrected chi connectivity index (χ2v) is 7.34. The molecule has 154 valence electrons. The van der Waals surface area contributed by atoms with Gasteiger partial charge in [-0.3, -0.25) is 9.36 Å². The van der Waals surface area contributed by atoms with E-state index in [0.29, 0.717) is 17.6 Å². The minimum Gasteiger partial charge on any atom is -0.369 e. The molecule has 0 spiro atoms. The van der Waals surface area contributed by atoms with Gasteiger partial charge in [-0.15, -0.1) is 0 Å². The van der Waals surface area contributed by atoms with E-state index in [1.54, 1.807) is 10.9 Å². The van der Waals surface area contributed by atoms with Gasteiger partial charge in [0.25, 0.3) is 5.56 Å². The summed E-state index contributed by atoms with van der Waals surface area (Å²) in [7, 11) is 0. The Morgan fingerprint density at radius 2 is 1.61 bits per heavy atom. The highest BCUT2D eigenvalue weighted by Crippen LogP contribution is 2.18. The Balaban J connectivity index is 1.56. The van der Waals surface area contributed by atoms with E-state index in [1.807, 2.05) is 36.4 Å². The number of rotatable bonds is 4. The maximum absolute atomic E-state index is 13.6. The summed E-state index contributed by atoms with van der Waals surface area (Å²) in [5, 5.41) is 2.23. The maximum Gasteiger partial charge on any atom is 0.281 e. The van der Waals surface area contributed by atoms with Gasteiger partial charge >= 0.3 is 0 Å². The average molecular weight is 417 g/mol. The summed E-state index contributed by atoms with van der Waals surface area (Å²) in [5.41, 5.74) is 7.50. The van der Waals surface area contributed by atoms with Crippen LogP contribution in [0, 0.1) is 11.6 Å². The van der Waals surface area contributed by atoms with Crippen molar-refractivity contribution in [1.29, 1.82) is 0 Å². The molecule has 2 heterocycles. The lowest BCUT2D eigenvalue weighted by Crippen LogP contribution is -2.26. The minimum atomic E-state index is -0.987. The quantitative estimate of drug-likeness (QED) is 0.484. The summed E-state index contributed by atoms with van der Waals surface area (Å²) in [6, 6.07) is 17.6. The van der Waals surface area contributed by atoms with Crippen LogP contribution < -0.4 is 11.3 Å². The lowest BCUT2D eigenvalue weighted by molar-refractivity contribution is 0.506. The number of aromatic nitrogens is 4. The van der Waals surface area contributed by atoms with Crippen molar-refractivity contribution in [3.63, 3.8) is 0 Å². The van der Waals surface area contributed by atoms with E-state index >= 15 is 0 Å². The second-order valence-electron chi connectivity index (χ2n) is 7.34. The SMILES string of the molecule is Nc1nc2ncn(Cc3ccc4ccccc4c3)c2c(=O)n1Cc1ccc(F)c(F)c1. The molecule has 0 bridgehead atoms. The molecule has 0 fully saturated rings. The second kappa shape index (κ2) is 7.32. The van der Waals surface area contributed by atoms with Crippen LogP contribution in [-0.4, -0.2) is 19.1 Å². The Kier molecular flexibility index (Phi) is 4.47. The third kappa shape index (κ3) is 3.42. The van der Waals surface area contributed by atoms with E-state index in [2.05, 4.69) is 16.0 Å². The summed E-state index contributed by atoms with van der Waals surface area (Å²) in [6.45, 7) is 0.388. The van der Waals surface area contributed by atoms with Crippen LogP contribution in [0.1, 0.15) is 11.1 Å². The normalized spacial score (nSPS) is 11.4. The van der Waals surface area contributed by atoms with Crippen LogP contribution in [0.15, 0.2) is 71.8 Å². The van der Waals surface area contributed by atoms with E-state index in [4.69, 9.17) is 5.73 Å². The number of benzene rings is 3. The predicted molar refractivity (Wildman–Crippen MR) is 115 cm³/mol. The third-order valence-corrected chi connectivity index (χ3v) is 5.25. The van der Waals surface area contributed by atoms with E-state index in [-0.39, 0.29) is 18.1 Å². The van der Waals surface area contributed by atoms with Gasteiger partial charge < -0.3 is 10.3 Å². The fraction of sp³-hybridized carbons (Fsp3) is 0.0870. The monoisotopic (exact) mass is 417 g/mol. The van der Waals surface area contributed by atoms with Crippen LogP contribution in [0.4, 0.5) is 14.7 Å². The van der Waals surface area contributed by atoms with Crippen LogP contribution in [-0.2, 0) is 13.1 Å². The third-order valence-electron chi connectivity index (χ3n) is 5.25. The molecule has 0 atom stereocenters. The molecule has 0 saturated carbocycles. The van der Waals surface area contributed by atoms with Gasteiger partial charge in [0.1, 0.15) is 0 Å². The fourth-order valence-electron chi connectivity index (χ4n) is 3.70. The lowest BCUT2D eigenvalue weighted by atomic mass is 10.1. The Labute approximate surface area is 175 Å². The summed E-state index contributed by atoms with van der Waals surface area (Å²) in [4.78, 5) is 21.7. The average Bonchev–Trinajstić information content (AvgIpc) is 3.16. The molecular formula is C23H17F2N5O. The molecule has 5 aromatic rings. The van der Waals surface area contributed by atoms with Crippen molar-refractivity contribution in [3.05, 3.63) is 100 Å². The fourth-order valence-corrected chi connectivity index (χ4v) is 3.70. The topological polar surface area (TPSA) is 78.7 Å². The van der Waals surface area contributed by atoms with Gasteiger partial charge in [-0.2, -0.15) is 4.98 Å². The van der Waals surface area contributed by atoms with Gasteiger partial charge in [0.05, 0.1) is 12.9 Å². The van der Waals surface area contributed by atoms with E-state index in [1.165, 1.54) is 10.6 Å². The molecule has 8 heteroatoms. The molecule has 0 radical (unpaired) electrons. The van der Waals surface area contributed by atoms with Crippen molar-refractivity contribution in [3.8, 4) is 0 Å². The molecule has 2 N–H and O–H groups in total. The summed E-state index contributed by atoms with van der Waals surface area (Å²) >= 11 is 0. The number of fused-ring (bicyclic) bond motifs is 2. The number of anilines is 1. The summed E-state index contributed by atoms with van der Waals surface area (Å²) in [6.07, 6.45) is 1.55. The molecule has 5 rings (SSSR count). The molecule has 6 nitrogen and oxygen atoms in total. The van der Waals surface area contributed by atoms with Crippen LogP contribution >= 0.6 is 0 Å². The standard InChI is InChI=1S/C23H17F2N5O/c24-18-8-6-15(10-19(18)25)12-30-22(31)20-21(28-23(30)26)27-13-29(20)11-14-5-7-16-3-1-2-4-17(16)9-14/h1-10,13H,11-12H2,(H2,26,28). The molecule has 0 amide bonds. The Hall–Kier alpha value is -4.07. The van der Waals surface area contributed by atoms with Crippen molar-refractivity contribution in [1.82, 2.24) is 19.1 Å². The Morgan fingerprint density at radius 1 is 0.871 bits per heavy atom. The molecule has 0 aliphatic carbocycles. The molecule has 0 saturated heterocycles. The van der Waals surface area contributed by atoms with Gasteiger partial charge in [-0.1, -0.05) is 42.5 Å². The van der Waals surface area contributed by atoms with E-state index in [0.717, 1.165) is 28.5 Å². The van der Waals surface area contributed by atoms with Crippen LogP contribution in [0.2, 0.25) is 0 Å². The first-order valence-electron chi connectivity index (χ1n) is 9.62. The van der Waals surface area contributed by atoms with Gasteiger partial charge in [-0.25, -0.2) is 13.8 Å². The lowest BCUT2D eigenvalue weighted by Gasteiger charge is -2.11. The van der Waals surface area contributed by atoms with Crippen molar-refractivity contribution in [2.75, 3.05) is 5.73 Å². The smallest absolute Gasteiger partial charge is 0.281 e. The molecule has 0 aliphatic heterocycles. The van der Waals surface area contributed by atoms with Crippen LogP contribution in [0.25, 0.3) is 21.9 Å². The van der Waals surface area contributed by atoms with Gasteiger partial charge in [-0.05, 0) is 40.1 Å². The van der Waals surface area contributed by atoms with Crippen molar-refractivity contribution >= 4 is 27.9 Å². The largest absolute Gasteiger partial charge is 0.369 e.